The monoisotopic (exact) mass is 563 g/mol. The largest absolute Gasteiger partial charge is 0.472 e. The molecule has 12 heteroatoms. The van der Waals surface area contributed by atoms with Crippen LogP contribution in [0.25, 0.3) is 0 Å². The molecule has 3 aromatic rings. The van der Waals surface area contributed by atoms with Gasteiger partial charge in [-0.2, -0.15) is 13.2 Å². The van der Waals surface area contributed by atoms with E-state index in [1.807, 2.05) is 0 Å². The molecule has 0 saturated heterocycles. The molecule has 1 aliphatic rings. The number of anilines is 2. The van der Waals surface area contributed by atoms with Crippen LogP contribution in [0.5, 0.6) is 5.75 Å². The van der Waals surface area contributed by atoms with Gasteiger partial charge in [0, 0.05) is 23.8 Å². The van der Waals surface area contributed by atoms with Gasteiger partial charge in [0.25, 0.3) is 11.8 Å². The van der Waals surface area contributed by atoms with Crippen LogP contribution in [-0.4, -0.2) is 24.5 Å². The maximum absolute atomic E-state index is 13.7. The van der Waals surface area contributed by atoms with Crippen LogP contribution in [0.4, 0.5) is 28.9 Å². The lowest BCUT2D eigenvalue weighted by molar-refractivity contribution is -0.140. The first-order valence-corrected chi connectivity index (χ1v) is 12.1. The highest BCUT2D eigenvalue weighted by atomic mass is 35.5. The molecule has 0 bridgehead atoms. The van der Waals surface area contributed by atoms with E-state index >= 15 is 0 Å². The first kappa shape index (κ1) is 27.9. The molecular formula is C27H22ClF4N3O4. The topological polar surface area (TPSA) is 87.7 Å². The van der Waals surface area contributed by atoms with Crippen molar-refractivity contribution in [2.75, 3.05) is 16.9 Å². The highest BCUT2D eigenvalue weighted by Gasteiger charge is 2.36. The minimum absolute atomic E-state index is 0.0202. The number of hydrogen-bond acceptors (Lipinski definition) is 4. The third kappa shape index (κ3) is 6.14. The van der Waals surface area contributed by atoms with Crippen LogP contribution in [0, 0.1) is 11.7 Å². The third-order valence-electron chi connectivity index (χ3n) is 5.90. The number of nitrogens with zero attached hydrogens (tertiary/aromatic N) is 1. The Morgan fingerprint density at radius 3 is 2.51 bits per heavy atom. The summed E-state index contributed by atoms with van der Waals surface area (Å²) in [5, 5.41) is 5.55. The van der Waals surface area contributed by atoms with Crippen molar-refractivity contribution >= 4 is 40.7 Å². The number of fused-ring (bicyclic) bond motifs is 1. The molecule has 1 aliphatic heterocycles. The van der Waals surface area contributed by atoms with Crippen LogP contribution in [0.1, 0.15) is 45.7 Å². The van der Waals surface area contributed by atoms with Crippen molar-refractivity contribution in [1.82, 2.24) is 5.32 Å². The number of carbonyl (C=O) groups is 3. The average molecular weight is 564 g/mol. The van der Waals surface area contributed by atoms with E-state index in [1.165, 1.54) is 30.3 Å². The smallest absolute Gasteiger partial charge is 0.419 e. The number of alkyl halides is 3. The summed E-state index contributed by atoms with van der Waals surface area (Å²) in [5.41, 5.74) is -0.776. The van der Waals surface area contributed by atoms with E-state index in [0.717, 1.165) is 11.0 Å². The summed E-state index contributed by atoms with van der Waals surface area (Å²) in [4.78, 5) is 38.9. The van der Waals surface area contributed by atoms with Gasteiger partial charge in [-0.3, -0.25) is 19.3 Å². The Kier molecular flexibility index (Phi) is 7.82. The van der Waals surface area contributed by atoms with Crippen LogP contribution in [0.3, 0.4) is 0 Å². The lowest BCUT2D eigenvalue weighted by atomic mass is 10.1. The normalized spacial score (nSPS) is 13.1. The second kappa shape index (κ2) is 10.9. The van der Waals surface area contributed by atoms with Gasteiger partial charge in [0.05, 0.1) is 21.7 Å². The molecule has 0 saturated carbocycles. The maximum atomic E-state index is 13.7. The van der Waals surface area contributed by atoms with Crippen molar-refractivity contribution in [3.63, 3.8) is 0 Å². The molecule has 2 N–H and O–H groups in total. The van der Waals surface area contributed by atoms with E-state index in [-0.39, 0.29) is 51.6 Å². The molecule has 0 radical (unpaired) electrons. The minimum Gasteiger partial charge on any atom is -0.472 e. The summed E-state index contributed by atoms with van der Waals surface area (Å²) >= 11 is 6.22. The van der Waals surface area contributed by atoms with E-state index < -0.39 is 36.1 Å². The van der Waals surface area contributed by atoms with Gasteiger partial charge >= 0.3 is 6.18 Å². The highest BCUT2D eigenvalue weighted by Crippen LogP contribution is 2.36. The molecule has 3 aromatic carbocycles. The Morgan fingerprint density at radius 1 is 1.08 bits per heavy atom. The summed E-state index contributed by atoms with van der Waals surface area (Å²) < 4.78 is 58.7. The summed E-state index contributed by atoms with van der Waals surface area (Å²) in [5.74, 6) is -2.96. The molecule has 0 aromatic heterocycles. The highest BCUT2D eigenvalue weighted by molar-refractivity contribution is 6.34. The van der Waals surface area contributed by atoms with Crippen LogP contribution < -0.4 is 20.3 Å². The molecule has 204 valence electrons. The van der Waals surface area contributed by atoms with E-state index in [2.05, 4.69) is 10.6 Å². The lowest BCUT2D eigenvalue weighted by Crippen LogP contribution is -2.39. The van der Waals surface area contributed by atoms with Crippen molar-refractivity contribution in [2.24, 2.45) is 5.92 Å². The zero-order chi connectivity index (χ0) is 28.5. The second-order valence-electron chi connectivity index (χ2n) is 9.02. The second-order valence-corrected chi connectivity index (χ2v) is 9.43. The van der Waals surface area contributed by atoms with Crippen LogP contribution in [0.2, 0.25) is 5.02 Å². The van der Waals surface area contributed by atoms with Gasteiger partial charge in [0.1, 0.15) is 11.6 Å². The summed E-state index contributed by atoms with van der Waals surface area (Å²) in [6.45, 7) is 3.30. The van der Waals surface area contributed by atoms with Crippen LogP contribution in [0.15, 0.2) is 54.6 Å². The van der Waals surface area contributed by atoms with E-state index in [9.17, 15) is 31.9 Å². The van der Waals surface area contributed by atoms with E-state index in [0.29, 0.717) is 17.7 Å². The maximum Gasteiger partial charge on any atom is 0.419 e. The van der Waals surface area contributed by atoms with Crippen molar-refractivity contribution < 1.29 is 36.7 Å². The first-order chi connectivity index (χ1) is 18.3. The number of amides is 3. The quantitative estimate of drug-likeness (QED) is 0.359. The Bertz CT molecular complexity index is 1460. The Morgan fingerprint density at radius 2 is 1.82 bits per heavy atom. The molecule has 4 rings (SSSR count). The molecular weight excluding hydrogens is 542 g/mol. The van der Waals surface area contributed by atoms with Crippen molar-refractivity contribution in [2.45, 2.75) is 26.6 Å². The fourth-order valence-electron chi connectivity index (χ4n) is 3.78. The molecule has 3 amide bonds. The lowest BCUT2D eigenvalue weighted by Gasteiger charge is -2.29. The van der Waals surface area contributed by atoms with Crippen LogP contribution >= 0.6 is 11.6 Å². The number of halogens is 5. The number of carbonyl (C=O) groups excluding carboxylic acids is 3. The molecule has 0 fully saturated rings. The van der Waals surface area contributed by atoms with Crippen LogP contribution in [-0.2, 0) is 17.5 Å². The number of benzene rings is 3. The molecule has 1 heterocycles. The fraction of sp³-hybridized carbons (Fsp3) is 0.222. The standard InChI is InChI=1S/C27H22ClF4N3O4/c1-14(2)24(36)33-12-15-3-6-21(28)18(9-15)25(37)34-16-4-8-23-19(10-16)26(38)35(13-39-23)17-5-7-22(29)20(11-17)27(30,31)32/h3-11,14H,12-13H2,1-2H3,(H,33,36)(H,34,37). The SMILES string of the molecule is CC(C)C(=O)NCc1ccc(Cl)c(C(=O)Nc2ccc3c(c2)C(=O)N(c2ccc(F)c(C(F)(F)F)c2)CO3)c1. The number of rotatable bonds is 6. The van der Waals surface area contributed by atoms with Gasteiger partial charge in [0.2, 0.25) is 5.91 Å². The van der Waals surface area contributed by atoms with Crippen molar-refractivity contribution in [3.8, 4) is 5.75 Å². The minimum atomic E-state index is -4.95. The van der Waals surface area contributed by atoms with Gasteiger partial charge in [-0.25, -0.2) is 4.39 Å². The fourth-order valence-corrected chi connectivity index (χ4v) is 3.98. The molecule has 0 spiro atoms. The van der Waals surface area contributed by atoms with Crippen molar-refractivity contribution in [1.29, 1.82) is 0 Å². The summed E-state index contributed by atoms with van der Waals surface area (Å²) in [6, 6.07) is 11.2. The van der Waals surface area contributed by atoms with Gasteiger partial charge in [-0.05, 0) is 54.1 Å². The molecule has 0 aliphatic carbocycles. The third-order valence-corrected chi connectivity index (χ3v) is 6.23. The predicted molar refractivity (Wildman–Crippen MR) is 136 cm³/mol. The molecule has 0 atom stereocenters. The van der Waals surface area contributed by atoms with Gasteiger partial charge in [-0.15, -0.1) is 0 Å². The molecule has 39 heavy (non-hydrogen) atoms. The molecule has 0 unspecified atom stereocenters. The molecule has 7 nitrogen and oxygen atoms in total. The first-order valence-electron chi connectivity index (χ1n) is 11.7. The Hall–Kier alpha value is -4.12. The number of nitrogens with one attached hydrogen (secondary N) is 2. The van der Waals surface area contributed by atoms with Crippen molar-refractivity contribution in [3.05, 3.63) is 87.7 Å². The zero-order valence-corrected chi connectivity index (χ0v) is 21.4. The zero-order valence-electron chi connectivity index (χ0n) is 20.7. The average Bonchev–Trinajstić information content (AvgIpc) is 2.88. The van der Waals surface area contributed by atoms with E-state index in [4.69, 9.17) is 16.3 Å². The van der Waals surface area contributed by atoms with Gasteiger partial charge < -0.3 is 15.4 Å². The predicted octanol–water partition coefficient (Wildman–Crippen LogP) is 6.02. The van der Waals surface area contributed by atoms with Gasteiger partial charge in [0.15, 0.2) is 6.73 Å². The van der Waals surface area contributed by atoms with E-state index in [1.54, 1.807) is 19.9 Å². The van der Waals surface area contributed by atoms with Gasteiger partial charge in [-0.1, -0.05) is 31.5 Å². The number of ether oxygens (including phenoxy) is 1. The summed E-state index contributed by atoms with van der Waals surface area (Å²) in [7, 11) is 0. The summed E-state index contributed by atoms with van der Waals surface area (Å²) in [6.07, 6.45) is -4.95. The Balaban J connectivity index is 1.54. The number of hydrogen-bond donors (Lipinski definition) is 2. The Labute approximate surface area is 225 Å².